The summed E-state index contributed by atoms with van der Waals surface area (Å²) in [5.41, 5.74) is 4.01. The van der Waals surface area contributed by atoms with Crippen molar-refractivity contribution in [2.24, 2.45) is 5.92 Å². The molecule has 0 saturated heterocycles. The molecule has 2 heteroatoms. The van der Waals surface area contributed by atoms with Gasteiger partial charge < -0.3 is 10.1 Å². The van der Waals surface area contributed by atoms with Crippen molar-refractivity contribution in [3.05, 3.63) is 28.8 Å². The highest BCUT2D eigenvalue weighted by molar-refractivity contribution is 5.41. The van der Waals surface area contributed by atoms with Gasteiger partial charge in [-0.15, -0.1) is 0 Å². The number of ether oxygens (including phenoxy) is 1. The van der Waals surface area contributed by atoms with Gasteiger partial charge in [0.2, 0.25) is 0 Å². The van der Waals surface area contributed by atoms with Crippen LogP contribution in [0.2, 0.25) is 0 Å². The number of aryl methyl sites for hydroxylation is 2. The molecule has 1 aromatic carbocycles. The monoisotopic (exact) mass is 249 g/mol. The number of hydrogen-bond donors (Lipinski definition) is 1. The summed E-state index contributed by atoms with van der Waals surface area (Å²) in [6.07, 6.45) is 2.33. The van der Waals surface area contributed by atoms with Crippen molar-refractivity contribution in [3.63, 3.8) is 0 Å². The first-order chi connectivity index (χ1) is 8.58. The summed E-state index contributed by atoms with van der Waals surface area (Å²) < 4.78 is 5.35. The molecule has 102 valence electrons. The lowest BCUT2D eigenvalue weighted by Gasteiger charge is -2.16. The Labute approximate surface area is 112 Å². The molecule has 1 N–H and O–H groups in total. The van der Waals surface area contributed by atoms with Crippen LogP contribution in [0.4, 0.5) is 0 Å². The van der Waals surface area contributed by atoms with Crippen molar-refractivity contribution in [2.45, 2.75) is 40.5 Å². The van der Waals surface area contributed by atoms with E-state index in [-0.39, 0.29) is 0 Å². The number of methoxy groups -OCH3 is 1. The molecule has 0 aliphatic rings. The van der Waals surface area contributed by atoms with Crippen LogP contribution >= 0.6 is 0 Å². The fraction of sp³-hybridized carbons (Fsp3) is 0.625. The van der Waals surface area contributed by atoms with Crippen LogP contribution in [0.25, 0.3) is 0 Å². The smallest absolute Gasteiger partial charge is 0.122 e. The molecule has 18 heavy (non-hydrogen) atoms. The van der Waals surface area contributed by atoms with Gasteiger partial charge >= 0.3 is 0 Å². The van der Waals surface area contributed by atoms with Crippen LogP contribution in [0, 0.1) is 19.8 Å². The Morgan fingerprint density at radius 1 is 1.22 bits per heavy atom. The predicted octanol–water partition coefficient (Wildman–Crippen LogP) is 3.49. The highest BCUT2D eigenvalue weighted by atomic mass is 16.5. The van der Waals surface area contributed by atoms with Crippen molar-refractivity contribution < 1.29 is 4.74 Å². The molecule has 0 saturated carbocycles. The maximum Gasteiger partial charge on any atom is 0.122 e. The molecule has 0 aliphatic heterocycles. The third-order valence-electron chi connectivity index (χ3n) is 3.34. The number of rotatable bonds is 7. The van der Waals surface area contributed by atoms with Crippen molar-refractivity contribution >= 4 is 0 Å². The normalized spacial score (nSPS) is 12.5. The fourth-order valence-electron chi connectivity index (χ4n) is 2.26. The van der Waals surface area contributed by atoms with E-state index in [1.54, 1.807) is 7.11 Å². The van der Waals surface area contributed by atoms with Gasteiger partial charge in [0.1, 0.15) is 5.75 Å². The molecule has 0 bridgehead atoms. The minimum absolute atomic E-state index is 0.669. The van der Waals surface area contributed by atoms with Crippen molar-refractivity contribution in [3.8, 4) is 5.75 Å². The maximum absolute atomic E-state index is 5.35. The zero-order valence-electron chi connectivity index (χ0n) is 12.5. The average molecular weight is 249 g/mol. The molecule has 0 fully saturated rings. The third-order valence-corrected chi connectivity index (χ3v) is 3.34. The first kappa shape index (κ1) is 15.0. The van der Waals surface area contributed by atoms with E-state index >= 15 is 0 Å². The minimum atomic E-state index is 0.669. The Morgan fingerprint density at radius 2 is 1.94 bits per heavy atom. The Morgan fingerprint density at radius 3 is 2.56 bits per heavy atom. The number of hydrogen-bond acceptors (Lipinski definition) is 2. The van der Waals surface area contributed by atoms with E-state index in [0.29, 0.717) is 5.92 Å². The molecular formula is C16H27NO. The van der Waals surface area contributed by atoms with E-state index in [1.807, 2.05) is 0 Å². The quantitative estimate of drug-likeness (QED) is 0.747. The Bertz CT molecular complexity index is 374. The van der Waals surface area contributed by atoms with Crippen molar-refractivity contribution in [2.75, 3.05) is 20.2 Å². The Kier molecular flexibility index (Phi) is 6.20. The Hall–Kier alpha value is -1.02. The first-order valence-corrected chi connectivity index (χ1v) is 6.93. The molecule has 2 nitrogen and oxygen atoms in total. The summed E-state index contributed by atoms with van der Waals surface area (Å²) in [5.74, 6) is 1.66. The van der Waals surface area contributed by atoms with E-state index in [9.17, 15) is 0 Å². The summed E-state index contributed by atoms with van der Waals surface area (Å²) in [7, 11) is 1.73. The number of nitrogens with one attached hydrogen (secondary N) is 1. The van der Waals surface area contributed by atoms with Gasteiger partial charge in [0, 0.05) is 0 Å². The summed E-state index contributed by atoms with van der Waals surface area (Å²) in [6, 6.07) is 4.42. The molecule has 0 heterocycles. The second-order valence-electron chi connectivity index (χ2n) is 5.26. The minimum Gasteiger partial charge on any atom is -0.496 e. The summed E-state index contributed by atoms with van der Waals surface area (Å²) in [5, 5.41) is 3.49. The standard InChI is InChI=1S/C16H27NO/c1-6-7-17-11-12(2)8-15-9-14(4)16(18-5)10-13(15)3/h9-10,12,17H,6-8,11H2,1-5H3. The lowest BCUT2D eigenvalue weighted by molar-refractivity contribution is 0.411. The lowest BCUT2D eigenvalue weighted by atomic mass is 9.95. The van der Waals surface area contributed by atoms with E-state index in [2.05, 4.69) is 45.1 Å². The van der Waals surface area contributed by atoms with Gasteiger partial charge in [0.05, 0.1) is 7.11 Å². The molecule has 0 spiro atoms. The fourth-order valence-corrected chi connectivity index (χ4v) is 2.26. The number of benzene rings is 1. The second-order valence-corrected chi connectivity index (χ2v) is 5.26. The van der Waals surface area contributed by atoms with Gasteiger partial charge in [-0.05, 0) is 68.5 Å². The lowest BCUT2D eigenvalue weighted by Crippen LogP contribution is -2.23. The molecule has 0 aromatic heterocycles. The maximum atomic E-state index is 5.35. The highest BCUT2D eigenvalue weighted by Gasteiger charge is 2.08. The zero-order chi connectivity index (χ0) is 13.5. The van der Waals surface area contributed by atoms with Crippen LogP contribution in [0.3, 0.4) is 0 Å². The van der Waals surface area contributed by atoms with Crippen LogP contribution < -0.4 is 10.1 Å². The zero-order valence-corrected chi connectivity index (χ0v) is 12.5. The second kappa shape index (κ2) is 7.42. The van der Waals surface area contributed by atoms with Gasteiger partial charge in [-0.3, -0.25) is 0 Å². The van der Waals surface area contributed by atoms with Gasteiger partial charge in [0.15, 0.2) is 0 Å². The molecule has 0 radical (unpaired) electrons. The molecule has 1 aromatic rings. The van der Waals surface area contributed by atoms with Crippen molar-refractivity contribution in [1.29, 1.82) is 0 Å². The van der Waals surface area contributed by atoms with E-state index < -0.39 is 0 Å². The third kappa shape index (κ3) is 4.34. The van der Waals surface area contributed by atoms with Crippen LogP contribution in [0.15, 0.2) is 12.1 Å². The molecule has 0 aliphatic carbocycles. The van der Waals surface area contributed by atoms with Crippen LogP contribution in [-0.4, -0.2) is 20.2 Å². The predicted molar refractivity (Wildman–Crippen MR) is 78.5 cm³/mol. The van der Waals surface area contributed by atoms with Gasteiger partial charge in [-0.1, -0.05) is 19.9 Å². The van der Waals surface area contributed by atoms with E-state index in [1.165, 1.54) is 23.1 Å². The highest BCUT2D eigenvalue weighted by Crippen LogP contribution is 2.24. The molecular weight excluding hydrogens is 222 g/mol. The Balaban J connectivity index is 2.64. The summed E-state index contributed by atoms with van der Waals surface area (Å²) in [4.78, 5) is 0. The largest absolute Gasteiger partial charge is 0.496 e. The molecule has 1 unspecified atom stereocenters. The summed E-state index contributed by atoms with van der Waals surface area (Å²) >= 11 is 0. The topological polar surface area (TPSA) is 21.3 Å². The van der Waals surface area contributed by atoms with Gasteiger partial charge in [0.25, 0.3) is 0 Å². The van der Waals surface area contributed by atoms with E-state index in [0.717, 1.165) is 25.3 Å². The van der Waals surface area contributed by atoms with Gasteiger partial charge in [-0.2, -0.15) is 0 Å². The van der Waals surface area contributed by atoms with E-state index in [4.69, 9.17) is 4.74 Å². The van der Waals surface area contributed by atoms with Crippen LogP contribution in [-0.2, 0) is 6.42 Å². The molecule has 1 atom stereocenters. The molecule has 1 rings (SSSR count). The molecule has 0 amide bonds. The van der Waals surface area contributed by atoms with Gasteiger partial charge in [-0.25, -0.2) is 0 Å². The SMILES string of the molecule is CCCNCC(C)Cc1cc(C)c(OC)cc1C. The van der Waals surface area contributed by atoms with Crippen molar-refractivity contribution in [1.82, 2.24) is 5.32 Å². The summed E-state index contributed by atoms with van der Waals surface area (Å²) in [6.45, 7) is 11.0. The van der Waals surface area contributed by atoms with Crippen LogP contribution in [0.5, 0.6) is 5.75 Å². The van der Waals surface area contributed by atoms with Crippen LogP contribution in [0.1, 0.15) is 37.0 Å². The average Bonchev–Trinajstić information content (AvgIpc) is 2.33. The first-order valence-electron chi connectivity index (χ1n) is 6.93.